The van der Waals surface area contributed by atoms with Crippen LogP contribution in [0.25, 0.3) is 0 Å². The van der Waals surface area contributed by atoms with Gasteiger partial charge in [0.2, 0.25) is 0 Å². The average molecular weight is 170 g/mol. The Hall–Kier alpha value is -0.0400. The Morgan fingerprint density at radius 3 is 1.92 bits per heavy atom. The van der Waals surface area contributed by atoms with Crippen LogP contribution in [0.1, 0.15) is 41.5 Å². The van der Waals surface area contributed by atoms with Gasteiger partial charge in [0.1, 0.15) is 0 Å². The molecule has 1 heterocycles. The highest BCUT2D eigenvalue weighted by molar-refractivity contribution is 4.92. The highest BCUT2D eigenvalue weighted by Crippen LogP contribution is 2.44. The zero-order valence-electron chi connectivity index (χ0n) is 9.27. The predicted molar refractivity (Wildman–Crippen MR) is 52.1 cm³/mol. The summed E-state index contributed by atoms with van der Waals surface area (Å²) in [4.78, 5) is 0. The van der Waals surface area contributed by atoms with E-state index in [9.17, 15) is 0 Å². The zero-order chi connectivity index (χ0) is 9.57. The minimum Gasteiger partial charge on any atom is -0.377 e. The van der Waals surface area contributed by atoms with Gasteiger partial charge in [0, 0.05) is 0 Å². The first-order chi connectivity index (χ1) is 5.25. The second kappa shape index (κ2) is 2.73. The predicted octanol–water partition coefficient (Wildman–Crippen LogP) is 3.09. The van der Waals surface area contributed by atoms with Crippen LogP contribution in [0.15, 0.2) is 0 Å². The lowest BCUT2D eigenvalue weighted by molar-refractivity contribution is 0.0105. The van der Waals surface area contributed by atoms with Crippen LogP contribution in [0.2, 0.25) is 0 Å². The van der Waals surface area contributed by atoms with Crippen molar-refractivity contribution in [1.29, 1.82) is 0 Å². The van der Waals surface area contributed by atoms with Gasteiger partial charge in [-0.3, -0.25) is 0 Å². The summed E-state index contributed by atoms with van der Waals surface area (Å²) in [5.41, 5.74) is 0.644. The molecule has 0 aromatic carbocycles. The molecule has 1 heteroatoms. The minimum absolute atomic E-state index is 0.285. The van der Waals surface area contributed by atoms with Gasteiger partial charge in [-0.1, -0.05) is 41.5 Å². The largest absolute Gasteiger partial charge is 0.377 e. The molecular formula is C11H22O. The molecule has 0 aromatic heterocycles. The Labute approximate surface area is 76.5 Å². The van der Waals surface area contributed by atoms with E-state index in [0.717, 1.165) is 6.61 Å². The van der Waals surface area contributed by atoms with Gasteiger partial charge in [0.05, 0.1) is 12.7 Å². The Bertz CT molecular complexity index is 164. The fraction of sp³-hybridized carbons (Fsp3) is 1.00. The summed E-state index contributed by atoms with van der Waals surface area (Å²) in [5.74, 6) is 0.664. The normalized spacial score (nSPS) is 35.5. The van der Waals surface area contributed by atoms with E-state index in [1.807, 2.05) is 0 Å². The molecule has 72 valence electrons. The molecule has 0 unspecified atom stereocenters. The number of rotatable bonds is 0. The molecule has 1 nitrogen and oxygen atoms in total. The molecule has 0 N–H and O–H groups in total. The lowest BCUT2D eigenvalue weighted by Crippen LogP contribution is -2.33. The van der Waals surface area contributed by atoms with Crippen LogP contribution < -0.4 is 0 Å². The summed E-state index contributed by atoms with van der Waals surface area (Å²) in [6.45, 7) is 14.6. The lowest BCUT2D eigenvalue weighted by atomic mass is 9.73. The summed E-state index contributed by atoms with van der Waals surface area (Å²) in [6, 6.07) is 0. The number of ether oxygens (including phenoxy) is 1. The zero-order valence-corrected chi connectivity index (χ0v) is 9.27. The van der Waals surface area contributed by atoms with Gasteiger partial charge in [0.15, 0.2) is 0 Å². The first-order valence-corrected chi connectivity index (χ1v) is 4.87. The Morgan fingerprint density at radius 1 is 1.25 bits per heavy atom. The van der Waals surface area contributed by atoms with E-state index in [4.69, 9.17) is 4.74 Å². The van der Waals surface area contributed by atoms with Crippen molar-refractivity contribution >= 4 is 0 Å². The molecule has 1 fully saturated rings. The summed E-state index contributed by atoms with van der Waals surface area (Å²) in [7, 11) is 0. The van der Waals surface area contributed by atoms with Crippen molar-refractivity contribution in [2.24, 2.45) is 16.7 Å². The first kappa shape index (κ1) is 10.0. The summed E-state index contributed by atoms with van der Waals surface area (Å²) in [6.07, 6.45) is 0.424. The van der Waals surface area contributed by atoms with Crippen molar-refractivity contribution in [3.05, 3.63) is 0 Å². The highest BCUT2D eigenvalue weighted by atomic mass is 16.5. The van der Waals surface area contributed by atoms with Gasteiger partial charge in [-0.15, -0.1) is 0 Å². The molecule has 0 aliphatic carbocycles. The molecule has 1 aliphatic rings. The van der Waals surface area contributed by atoms with Gasteiger partial charge < -0.3 is 4.74 Å². The van der Waals surface area contributed by atoms with Gasteiger partial charge in [-0.25, -0.2) is 0 Å². The fourth-order valence-corrected chi connectivity index (χ4v) is 1.99. The smallest absolute Gasteiger partial charge is 0.0655 e. The maximum Gasteiger partial charge on any atom is 0.0655 e. The van der Waals surface area contributed by atoms with Crippen LogP contribution >= 0.6 is 0 Å². The standard InChI is InChI=1S/C11H22O/c1-8-9(10(2,3)4)12-7-11(8,5)6/h8-9H,7H2,1-6H3/t8-,9-/m0/s1. The molecule has 12 heavy (non-hydrogen) atoms. The number of hydrogen-bond donors (Lipinski definition) is 0. The second-order valence-corrected chi connectivity index (χ2v) is 5.87. The molecule has 1 saturated heterocycles. The Kier molecular flexibility index (Phi) is 2.28. The topological polar surface area (TPSA) is 9.23 Å². The highest BCUT2D eigenvalue weighted by Gasteiger charge is 2.44. The van der Waals surface area contributed by atoms with Crippen molar-refractivity contribution in [2.45, 2.75) is 47.6 Å². The Morgan fingerprint density at radius 2 is 1.75 bits per heavy atom. The molecule has 0 aromatic rings. The molecule has 1 aliphatic heterocycles. The van der Waals surface area contributed by atoms with Crippen LogP contribution in [0, 0.1) is 16.7 Å². The molecule has 0 amide bonds. The van der Waals surface area contributed by atoms with E-state index in [-0.39, 0.29) is 5.41 Å². The van der Waals surface area contributed by atoms with Crippen LogP contribution in [-0.2, 0) is 4.74 Å². The van der Waals surface area contributed by atoms with Gasteiger partial charge in [0.25, 0.3) is 0 Å². The van der Waals surface area contributed by atoms with E-state index < -0.39 is 0 Å². The van der Waals surface area contributed by atoms with Crippen LogP contribution in [0.3, 0.4) is 0 Å². The minimum atomic E-state index is 0.285. The number of hydrogen-bond acceptors (Lipinski definition) is 1. The van der Waals surface area contributed by atoms with Crippen molar-refractivity contribution in [1.82, 2.24) is 0 Å². The lowest BCUT2D eigenvalue weighted by Gasteiger charge is -2.32. The molecule has 0 bridgehead atoms. The van der Waals surface area contributed by atoms with E-state index in [1.54, 1.807) is 0 Å². The van der Waals surface area contributed by atoms with E-state index >= 15 is 0 Å². The van der Waals surface area contributed by atoms with Gasteiger partial charge in [-0.2, -0.15) is 0 Å². The van der Waals surface area contributed by atoms with Crippen molar-refractivity contribution in [3.8, 4) is 0 Å². The maximum absolute atomic E-state index is 5.84. The molecule has 0 saturated carbocycles. The van der Waals surface area contributed by atoms with Crippen molar-refractivity contribution in [2.75, 3.05) is 6.61 Å². The van der Waals surface area contributed by atoms with Crippen LogP contribution in [0.5, 0.6) is 0 Å². The third-order valence-corrected chi connectivity index (χ3v) is 3.18. The molecule has 0 radical (unpaired) electrons. The maximum atomic E-state index is 5.84. The first-order valence-electron chi connectivity index (χ1n) is 4.87. The summed E-state index contributed by atoms with van der Waals surface area (Å²) < 4.78 is 5.84. The summed E-state index contributed by atoms with van der Waals surface area (Å²) >= 11 is 0. The summed E-state index contributed by atoms with van der Waals surface area (Å²) in [5, 5.41) is 0. The van der Waals surface area contributed by atoms with Crippen LogP contribution in [0.4, 0.5) is 0 Å². The van der Waals surface area contributed by atoms with Crippen LogP contribution in [-0.4, -0.2) is 12.7 Å². The van der Waals surface area contributed by atoms with E-state index in [1.165, 1.54) is 0 Å². The molecule has 2 atom stereocenters. The Balaban J connectivity index is 2.74. The average Bonchev–Trinajstić information content (AvgIpc) is 2.06. The SMILES string of the molecule is C[C@H]1[C@@H](C(C)(C)C)OCC1(C)C. The van der Waals surface area contributed by atoms with Crippen molar-refractivity contribution < 1.29 is 4.74 Å². The molecule has 1 rings (SSSR count). The fourth-order valence-electron chi connectivity index (χ4n) is 1.99. The third-order valence-electron chi connectivity index (χ3n) is 3.18. The van der Waals surface area contributed by atoms with Gasteiger partial charge >= 0.3 is 0 Å². The van der Waals surface area contributed by atoms with E-state index in [2.05, 4.69) is 41.5 Å². The quantitative estimate of drug-likeness (QED) is 0.543. The third kappa shape index (κ3) is 1.66. The van der Waals surface area contributed by atoms with Gasteiger partial charge in [-0.05, 0) is 16.7 Å². The second-order valence-electron chi connectivity index (χ2n) is 5.87. The van der Waals surface area contributed by atoms with Crippen molar-refractivity contribution in [3.63, 3.8) is 0 Å². The van der Waals surface area contributed by atoms with E-state index in [0.29, 0.717) is 17.4 Å². The monoisotopic (exact) mass is 170 g/mol. The molecule has 0 spiro atoms. The molecular weight excluding hydrogens is 148 g/mol.